The van der Waals surface area contributed by atoms with Crippen LogP contribution in [0.25, 0.3) is 49.0 Å². The van der Waals surface area contributed by atoms with Gasteiger partial charge in [0.2, 0.25) is 0 Å². The van der Waals surface area contributed by atoms with Crippen molar-refractivity contribution in [3.05, 3.63) is 194 Å². The van der Waals surface area contributed by atoms with Crippen LogP contribution in [0.5, 0.6) is 0 Å². The summed E-state index contributed by atoms with van der Waals surface area (Å²) >= 11 is 0. The average molecular weight is 661 g/mol. The third kappa shape index (κ3) is 5.57. The Kier molecular flexibility index (Phi) is 5.50. The molecule has 0 saturated carbocycles. The Hall–Kier alpha value is -6.52. The Balaban J connectivity index is 1.47. The molecule has 1 N–H and O–H groups in total. The van der Waals surface area contributed by atoms with E-state index in [-0.39, 0.29) is 33.8 Å². The molecule has 2 nitrogen and oxygen atoms in total. The Bertz CT molecular complexity index is 3100. The number of allylic oxidation sites excluding steroid dienone is 4. The first-order valence-corrected chi connectivity index (χ1v) is 15.6. The molecule has 0 aliphatic carbocycles. The lowest BCUT2D eigenvalue weighted by atomic mass is 9.92. The fraction of sp³-hybridized carbons (Fsp3) is 0. The van der Waals surface area contributed by atoms with Crippen molar-refractivity contribution in [2.45, 2.75) is 0 Å². The van der Waals surface area contributed by atoms with Crippen LogP contribution in [0.2, 0.25) is 0 Å². The number of anilines is 5. The van der Waals surface area contributed by atoms with E-state index in [9.17, 15) is 4.39 Å². The van der Waals surface area contributed by atoms with Gasteiger partial charge in [0.1, 0.15) is 11.6 Å². The number of hydrogen-bond acceptors (Lipinski definition) is 2. The monoisotopic (exact) mass is 660 g/mol. The van der Waals surface area contributed by atoms with Crippen molar-refractivity contribution in [2.75, 3.05) is 10.2 Å². The van der Waals surface area contributed by atoms with E-state index >= 15 is 4.39 Å². The smallest absolute Gasteiger partial charge is 0.125 e. The summed E-state index contributed by atoms with van der Waals surface area (Å²) in [6.07, 6.45) is 0. The van der Waals surface area contributed by atoms with Gasteiger partial charge in [0, 0.05) is 33.5 Å². The van der Waals surface area contributed by atoms with Crippen LogP contribution in [-0.4, -0.2) is 0 Å². The number of nitrogens with one attached hydrogen (secondary N) is 1. The third-order valence-corrected chi connectivity index (χ3v) is 8.65. The first-order chi connectivity index (χ1) is 28.8. The maximum Gasteiger partial charge on any atom is 0.125 e. The predicted octanol–water partition coefficient (Wildman–Crippen LogP) is 13.5. The van der Waals surface area contributed by atoms with Gasteiger partial charge in [-0.15, -0.1) is 0 Å². The molecule has 4 heteroatoms. The molecule has 0 spiro atoms. The predicted molar refractivity (Wildman–Crippen MR) is 208 cm³/mol. The van der Waals surface area contributed by atoms with Crippen molar-refractivity contribution < 1.29 is 22.5 Å². The molecule has 0 fully saturated rings. The molecule has 0 atom stereocenters. The lowest BCUT2D eigenvalue weighted by molar-refractivity contribution is 0.628. The molecule has 0 aliphatic heterocycles. The van der Waals surface area contributed by atoms with Crippen LogP contribution in [-0.2, 0) is 0 Å². The van der Waals surface area contributed by atoms with Gasteiger partial charge < -0.3 is 10.2 Å². The lowest BCUT2D eigenvalue weighted by Crippen LogP contribution is -2.11. The van der Waals surface area contributed by atoms with Crippen molar-refractivity contribution in [3.8, 4) is 11.1 Å². The van der Waals surface area contributed by atoms with Crippen molar-refractivity contribution >= 4 is 66.3 Å². The van der Waals surface area contributed by atoms with Crippen LogP contribution in [0.15, 0.2) is 177 Å². The molecular weight excluding hydrogens is 619 g/mol. The van der Waals surface area contributed by atoms with Crippen LogP contribution in [0, 0.1) is 11.6 Å². The van der Waals surface area contributed by atoms with Crippen molar-refractivity contribution in [2.24, 2.45) is 0 Å². The molecule has 8 aromatic rings. The molecule has 0 aromatic heterocycles. The van der Waals surface area contributed by atoms with E-state index in [1.165, 1.54) is 36.4 Å². The average Bonchev–Trinajstić information content (AvgIpc) is 3.25. The van der Waals surface area contributed by atoms with Gasteiger partial charge in [-0.2, -0.15) is 0 Å². The largest absolute Gasteiger partial charge is 0.355 e. The fourth-order valence-electron chi connectivity index (χ4n) is 6.54. The minimum absolute atomic E-state index is 0.0617. The zero-order valence-electron chi connectivity index (χ0n) is 36.3. The summed E-state index contributed by atoms with van der Waals surface area (Å²) in [6, 6.07) is 27.6. The van der Waals surface area contributed by atoms with Crippen molar-refractivity contribution in [1.29, 1.82) is 0 Å². The molecular formula is C46H32F2N2. The highest BCUT2D eigenvalue weighted by molar-refractivity contribution is 6.27. The molecule has 0 bridgehead atoms. The van der Waals surface area contributed by atoms with Gasteiger partial charge in [-0.25, -0.2) is 8.78 Å². The van der Waals surface area contributed by atoms with E-state index in [1.54, 1.807) is 35.2 Å². The van der Waals surface area contributed by atoms with E-state index in [4.69, 9.17) is 13.7 Å². The number of hydrogen-bond donors (Lipinski definition) is 1. The third-order valence-electron chi connectivity index (χ3n) is 8.65. The summed E-state index contributed by atoms with van der Waals surface area (Å²) in [6.45, 7) is 1.31. The van der Waals surface area contributed by atoms with Crippen molar-refractivity contribution in [3.63, 3.8) is 0 Å². The highest BCUT2D eigenvalue weighted by atomic mass is 19.1. The SMILES string of the molecule is [2H]C=C([2H])/C([2H])=C(\C([2H])=C[2H])c1cc(-c2c([2H])c([2H])c([2H])c([2H])c2[2H])cc(N(c2cccc(F)c2)c2ccc3ccc4c(Nc5cccc(F)c5)ccc5ccc2c3c54)c1. The summed E-state index contributed by atoms with van der Waals surface area (Å²) in [5.74, 6) is -0.952. The Labute approximate surface area is 303 Å². The highest BCUT2D eigenvalue weighted by Gasteiger charge is 2.21. The Morgan fingerprint density at radius 2 is 1.44 bits per heavy atom. The summed E-state index contributed by atoms with van der Waals surface area (Å²) in [5, 5.41) is 8.48. The lowest BCUT2D eigenvalue weighted by Gasteiger charge is -2.29. The second kappa shape index (κ2) is 12.8. The Morgan fingerprint density at radius 1 is 0.700 bits per heavy atom. The first kappa shape index (κ1) is 21.5. The molecule has 240 valence electrons. The molecule has 0 radical (unpaired) electrons. The topological polar surface area (TPSA) is 15.3 Å². The zero-order valence-corrected chi connectivity index (χ0v) is 26.3. The summed E-state index contributed by atoms with van der Waals surface area (Å²) in [4.78, 5) is 1.72. The molecule has 0 heterocycles. The van der Waals surface area contributed by atoms with Crippen LogP contribution in [0.1, 0.15) is 19.3 Å². The molecule has 0 amide bonds. The molecule has 50 heavy (non-hydrogen) atoms. The van der Waals surface area contributed by atoms with E-state index in [0.29, 0.717) is 30.2 Å². The van der Waals surface area contributed by atoms with Crippen LogP contribution in [0.4, 0.5) is 37.2 Å². The number of rotatable bonds is 9. The number of benzene rings is 8. The summed E-state index contributed by atoms with van der Waals surface area (Å²) < 4.78 is 114. The van der Waals surface area contributed by atoms with E-state index < -0.39 is 54.2 Å². The van der Waals surface area contributed by atoms with Gasteiger partial charge in [-0.05, 0) is 111 Å². The normalized spacial score (nSPS) is 15.6. The second-order valence-electron chi connectivity index (χ2n) is 11.6. The number of nitrogens with zero attached hydrogens (tertiary/aromatic N) is 1. The van der Waals surface area contributed by atoms with E-state index in [2.05, 4.69) is 5.32 Å². The van der Waals surface area contributed by atoms with E-state index in [1.807, 2.05) is 48.5 Å². The van der Waals surface area contributed by atoms with Crippen molar-refractivity contribution in [1.82, 2.24) is 0 Å². The molecule has 0 aliphatic rings. The standard InChI is InChI=1S/C46H32F2N2/c1-3-10-30(4-2)34-25-35(31-11-6-5-7-12-31)27-40(26-34)50(39-16-9-14-37(48)29-39)44-24-20-33-17-21-41-43(49-38-15-8-13-36(47)28-38)23-19-32-18-22-42(44)46(33)45(32)41/h3-29,49H,1-2H2/b30-10+/i1D,2D,3D,4D,5D,6D,7D,10D,11D,12D/b3-1?,4-2?,30-10+. The summed E-state index contributed by atoms with van der Waals surface area (Å²) in [5.41, 5.74) is 2.15. The number of halogens is 2. The van der Waals surface area contributed by atoms with Gasteiger partial charge in [0.15, 0.2) is 0 Å². The van der Waals surface area contributed by atoms with Crippen LogP contribution >= 0.6 is 0 Å². The minimum atomic E-state index is -0.603. The zero-order chi connectivity index (χ0) is 42.6. The maximum atomic E-state index is 15.3. The molecule has 0 saturated heterocycles. The van der Waals surface area contributed by atoms with Crippen LogP contribution < -0.4 is 10.2 Å². The molecule has 8 rings (SSSR count). The van der Waals surface area contributed by atoms with Crippen LogP contribution in [0.3, 0.4) is 0 Å². The molecule has 0 unspecified atom stereocenters. The van der Waals surface area contributed by atoms with Gasteiger partial charge in [0.05, 0.1) is 19.4 Å². The first-order valence-electron chi connectivity index (χ1n) is 20.8. The second-order valence-corrected chi connectivity index (χ2v) is 11.6. The quantitative estimate of drug-likeness (QED) is 0.122. The maximum absolute atomic E-state index is 15.3. The van der Waals surface area contributed by atoms with Gasteiger partial charge in [0.25, 0.3) is 0 Å². The highest BCUT2D eigenvalue weighted by Crippen LogP contribution is 2.46. The summed E-state index contributed by atoms with van der Waals surface area (Å²) in [7, 11) is 0. The van der Waals surface area contributed by atoms with Gasteiger partial charge in [-0.3, -0.25) is 0 Å². The minimum Gasteiger partial charge on any atom is -0.355 e. The van der Waals surface area contributed by atoms with Gasteiger partial charge in [-0.1, -0.05) is 110 Å². The fourth-order valence-corrected chi connectivity index (χ4v) is 6.54. The van der Waals surface area contributed by atoms with Gasteiger partial charge >= 0.3 is 0 Å². The van der Waals surface area contributed by atoms with E-state index in [0.717, 1.165) is 38.0 Å². The molecule has 8 aromatic carbocycles. The Morgan fingerprint density at radius 3 is 2.22 bits per heavy atom.